The summed E-state index contributed by atoms with van der Waals surface area (Å²) < 4.78 is 40.1. The highest BCUT2D eigenvalue weighted by Gasteiger charge is 2.18. The Morgan fingerprint density at radius 3 is 2.16 bits per heavy atom. The Kier molecular flexibility index (Phi) is 3.90. The number of halogens is 3. The van der Waals surface area contributed by atoms with Gasteiger partial charge in [0.2, 0.25) is 0 Å². The van der Waals surface area contributed by atoms with E-state index >= 15 is 0 Å². The zero-order valence-electron chi connectivity index (χ0n) is 10.7. The van der Waals surface area contributed by atoms with Crippen molar-refractivity contribution < 1.29 is 13.2 Å². The van der Waals surface area contributed by atoms with Crippen molar-refractivity contribution in [2.24, 2.45) is 0 Å². The fourth-order valence-corrected chi connectivity index (χ4v) is 2.14. The van der Waals surface area contributed by atoms with Crippen molar-refractivity contribution >= 4 is 0 Å². The number of rotatable bonds is 3. The first-order valence-electron chi connectivity index (χ1n) is 5.91. The molecule has 2 rings (SSSR count). The normalized spacial score (nSPS) is 12.5. The molecule has 0 spiro atoms. The molecule has 1 nitrogen and oxygen atoms in total. The summed E-state index contributed by atoms with van der Waals surface area (Å²) in [5, 5.41) is 2.93. The minimum Gasteiger partial charge on any atom is -0.309 e. The maximum atomic E-state index is 13.8. The van der Waals surface area contributed by atoms with Crippen molar-refractivity contribution in [1.82, 2.24) is 5.32 Å². The van der Waals surface area contributed by atoms with Gasteiger partial charge in [0.1, 0.15) is 17.5 Å². The first-order chi connectivity index (χ1) is 9.02. The molecule has 2 aromatic rings. The van der Waals surface area contributed by atoms with E-state index in [0.717, 1.165) is 11.6 Å². The van der Waals surface area contributed by atoms with Gasteiger partial charge in [-0.1, -0.05) is 12.1 Å². The standard InChI is InChI=1S/C15H14F3N/c1-9-3-4-10(16)7-13(9)15(19-2)12-6-5-11(17)8-14(12)18/h3-8,15,19H,1-2H3. The first kappa shape index (κ1) is 13.6. The zero-order valence-corrected chi connectivity index (χ0v) is 10.7. The monoisotopic (exact) mass is 265 g/mol. The third kappa shape index (κ3) is 2.79. The molecular weight excluding hydrogens is 251 g/mol. The van der Waals surface area contributed by atoms with Crippen LogP contribution in [0.1, 0.15) is 22.7 Å². The Morgan fingerprint density at radius 1 is 0.895 bits per heavy atom. The average Bonchev–Trinajstić information content (AvgIpc) is 2.36. The van der Waals surface area contributed by atoms with E-state index in [1.807, 2.05) is 6.92 Å². The molecule has 0 amide bonds. The number of hydrogen-bond donors (Lipinski definition) is 1. The second-order valence-corrected chi connectivity index (χ2v) is 4.39. The van der Waals surface area contributed by atoms with Crippen LogP contribution in [0, 0.1) is 24.4 Å². The second-order valence-electron chi connectivity index (χ2n) is 4.39. The smallest absolute Gasteiger partial charge is 0.131 e. The number of hydrogen-bond acceptors (Lipinski definition) is 1. The summed E-state index contributed by atoms with van der Waals surface area (Å²) in [6.07, 6.45) is 0. The Morgan fingerprint density at radius 2 is 1.53 bits per heavy atom. The molecule has 0 aliphatic carbocycles. The molecule has 0 radical (unpaired) electrons. The predicted molar refractivity (Wildman–Crippen MR) is 68.4 cm³/mol. The predicted octanol–water partition coefficient (Wildman–Crippen LogP) is 3.72. The molecule has 0 saturated carbocycles. The van der Waals surface area contributed by atoms with Gasteiger partial charge >= 0.3 is 0 Å². The third-order valence-corrected chi connectivity index (χ3v) is 3.11. The van der Waals surface area contributed by atoms with Gasteiger partial charge in [-0.15, -0.1) is 0 Å². The molecule has 2 aromatic carbocycles. The summed E-state index contributed by atoms with van der Waals surface area (Å²) in [7, 11) is 1.65. The molecule has 4 heteroatoms. The Balaban J connectivity index is 2.52. The molecule has 1 unspecified atom stereocenters. The summed E-state index contributed by atoms with van der Waals surface area (Å²) in [4.78, 5) is 0. The lowest BCUT2D eigenvalue weighted by Gasteiger charge is -2.20. The van der Waals surface area contributed by atoms with Gasteiger partial charge in [0, 0.05) is 11.6 Å². The lowest BCUT2D eigenvalue weighted by molar-refractivity contribution is 0.549. The zero-order chi connectivity index (χ0) is 14.0. The third-order valence-electron chi connectivity index (χ3n) is 3.11. The van der Waals surface area contributed by atoms with Gasteiger partial charge in [-0.3, -0.25) is 0 Å². The van der Waals surface area contributed by atoms with Crippen LogP contribution in [0.3, 0.4) is 0 Å². The lowest BCUT2D eigenvalue weighted by atomic mass is 9.94. The van der Waals surface area contributed by atoms with E-state index in [9.17, 15) is 13.2 Å². The van der Waals surface area contributed by atoms with Gasteiger partial charge in [0.25, 0.3) is 0 Å². The first-order valence-corrected chi connectivity index (χ1v) is 5.91. The van der Waals surface area contributed by atoms with Gasteiger partial charge < -0.3 is 5.32 Å². The number of nitrogens with one attached hydrogen (secondary N) is 1. The van der Waals surface area contributed by atoms with Crippen molar-refractivity contribution in [2.45, 2.75) is 13.0 Å². The van der Waals surface area contributed by atoms with E-state index in [1.165, 1.54) is 24.3 Å². The molecule has 0 fully saturated rings. The van der Waals surface area contributed by atoms with Gasteiger partial charge in [0.15, 0.2) is 0 Å². The lowest BCUT2D eigenvalue weighted by Crippen LogP contribution is -2.20. The molecule has 19 heavy (non-hydrogen) atoms. The van der Waals surface area contributed by atoms with Gasteiger partial charge in [0.05, 0.1) is 6.04 Å². The molecular formula is C15H14F3N. The Labute approximate surface area is 110 Å². The quantitative estimate of drug-likeness (QED) is 0.891. The fourth-order valence-electron chi connectivity index (χ4n) is 2.14. The highest BCUT2D eigenvalue weighted by molar-refractivity contribution is 5.37. The van der Waals surface area contributed by atoms with Crippen LogP contribution < -0.4 is 5.32 Å². The summed E-state index contributed by atoms with van der Waals surface area (Å²) in [6, 6.07) is 7.22. The van der Waals surface area contributed by atoms with Crippen LogP contribution in [0.4, 0.5) is 13.2 Å². The summed E-state index contributed by atoms with van der Waals surface area (Å²) >= 11 is 0. The SMILES string of the molecule is CNC(c1cc(F)ccc1C)c1ccc(F)cc1F. The highest BCUT2D eigenvalue weighted by Crippen LogP contribution is 2.27. The number of aryl methyl sites for hydroxylation is 1. The molecule has 1 N–H and O–H groups in total. The van der Waals surface area contributed by atoms with E-state index in [4.69, 9.17) is 0 Å². The Hall–Kier alpha value is -1.81. The summed E-state index contributed by atoms with van der Waals surface area (Å²) in [5.41, 5.74) is 1.76. The maximum Gasteiger partial charge on any atom is 0.131 e. The van der Waals surface area contributed by atoms with Crippen molar-refractivity contribution in [3.63, 3.8) is 0 Å². The van der Waals surface area contributed by atoms with Crippen molar-refractivity contribution in [1.29, 1.82) is 0 Å². The Bertz CT molecular complexity index is 596. The molecule has 100 valence electrons. The van der Waals surface area contributed by atoms with E-state index < -0.39 is 17.7 Å². The topological polar surface area (TPSA) is 12.0 Å². The van der Waals surface area contributed by atoms with Crippen LogP contribution >= 0.6 is 0 Å². The van der Waals surface area contributed by atoms with Crippen LogP contribution in [-0.2, 0) is 0 Å². The highest BCUT2D eigenvalue weighted by atomic mass is 19.1. The van der Waals surface area contributed by atoms with Crippen molar-refractivity contribution in [3.8, 4) is 0 Å². The van der Waals surface area contributed by atoms with E-state index in [0.29, 0.717) is 5.56 Å². The van der Waals surface area contributed by atoms with Gasteiger partial charge in [-0.2, -0.15) is 0 Å². The molecule has 0 saturated heterocycles. The fraction of sp³-hybridized carbons (Fsp3) is 0.200. The second kappa shape index (κ2) is 5.45. The van der Waals surface area contributed by atoms with E-state index in [1.54, 1.807) is 13.1 Å². The maximum absolute atomic E-state index is 13.8. The minimum atomic E-state index is -0.650. The largest absolute Gasteiger partial charge is 0.309 e. The summed E-state index contributed by atoms with van der Waals surface area (Å²) in [6.45, 7) is 1.82. The molecule has 0 bridgehead atoms. The minimum absolute atomic E-state index is 0.289. The molecule has 1 atom stereocenters. The van der Waals surface area contributed by atoms with Crippen LogP contribution in [-0.4, -0.2) is 7.05 Å². The average molecular weight is 265 g/mol. The van der Waals surface area contributed by atoms with Crippen LogP contribution in [0.2, 0.25) is 0 Å². The number of benzene rings is 2. The van der Waals surface area contributed by atoms with Gasteiger partial charge in [-0.25, -0.2) is 13.2 Å². The van der Waals surface area contributed by atoms with Crippen LogP contribution in [0.5, 0.6) is 0 Å². The molecule has 0 aliphatic heterocycles. The molecule has 0 heterocycles. The van der Waals surface area contributed by atoms with Crippen molar-refractivity contribution in [3.05, 3.63) is 70.5 Å². The molecule has 0 aliphatic rings. The summed E-state index contributed by atoms with van der Waals surface area (Å²) in [5.74, 6) is -1.67. The molecule has 0 aromatic heterocycles. The van der Waals surface area contributed by atoms with Crippen LogP contribution in [0.15, 0.2) is 36.4 Å². The van der Waals surface area contributed by atoms with Gasteiger partial charge in [-0.05, 0) is 43.3 Å². The van der Waals surface area contributed by atoms with E-state index in [2.05, 4.69) is 5.32 Å². The van der Waals surface area contributed by atoms with Crippen LogP contribution in [0.25, 0.3) is 0 Å². The van der Waals surface area contributed by atoms with E-state index in [-0.39, 0.29) is 11.4 Å². The van der Waals surface area contributed by atoms with Crippen molar-refractivity contribution in [2.75, 3.05) is 7.05 Å².